The van der Waals surface area contributed by atoms with Gasteiger partial charge < -0.3 is 5.32 Å². The Hall–Kier alpha value is -3.38. The van der Waals surface area contributed by atoms with Gasteiger partial charge in [0.05, 0.1) is 5.75 Å². The highest BCUT2D eigenvalue weighted by atomic mass is 32.2. The van der Waals surface area contributed by atoms with Crippen LogP contribution in [-0.4, -0.2) is 26.4 Å². The summed E-state index contributed by atoms with van der Waals surface area (Å²) in [6.45, 7) is 2.58. The molecule has 156 valence electrons. The number of carbonyl (C=O) groups is 1. The average Bonchev–Trinajstić information content (AvgIpc) is 3.20. The number of hydrogen-bond donors (Lipinski definition) is 1. The van der Waals surface area contributed by atoms with E-state index in [1.165, 1.54) is 17.3 Å². The van der Waals surface area contributed by atoms with Gasteiger partial charge >= 0.3 is 0 Å². The van der Waals surface area contributed by atoms with Gasteiger partial charge in [-0.2, -0.15) is 0 Å². The summed E-state index contributed by atoms with van der Waals surface area (Å²) in [6, 6.07) is 28.4. The Bertz CT molecular complexity index is 1140. The Kier molecular flexibility index (Phi) is 6.79. The Labute approximate surface area is 186 Å². The topological polar surface area (TPSA) is 59.8 Å². The molecule has 1 heterocycles. The number of benzene rings is 3. The quantitative estimate of drug-likeness (QED) is 0.418. The number of carbonyl (C=O) groups excluding carboxylic acids is 1. The smallest absolute Gasteiger partial charge is 0.230 e. The van der Waals surface area contributed by atoms with Crippen molar-refractivity contribution in [1.29, 1.82) is 0 Å². The minimum Gasteiger partial charge on any atom is -0.351 e. The van der Waals surface area contributed by atoms with Gasteiger partial charge in [0.1, 0.15) is 5.82 Å². The normalized spacial score (nSPS) is 10.7. The summed E-state index contributed by atoms with van der Waals surface area (Å²) >= 11 is 1.40. The maximum absolute atomic E-state index is 12.4. The van der Waals surface area contributed by atoms with Gasteiger partial charge in [0.25, 0.3) is 0 Å². The van der Waals surface area contributed by atoms with Crippen LogP contribution in [0.2, 0.25) is 0 Å². The molecule has 31 heavy (non-hydrogen) atoms. The molecule has 1 aromatic heterocycles. The lowest BCUT2D eigenvalue weighted by Crippen LogP contribution is -2.24. The van der Waals surface area contributed by atoms with Gasteiger partial charge in [-0.15, -0.1) is 10.2 Å². The molecular weight excluding hydrogens is 404 g/mol. The molecule has 5 nitrogen and oxygen atoms in total. The number of hydrogen-bond acceptors (Lipinski definition) is 4. The Morgan fingerprint density at radius 3 is 2.32 bits per heavy atom. The summed E-state index contributed by atoms with van der Waals surface area (Å²) in [4.78, 5) is 12.4. The first-order valence-corrected chi connectivity index (χ1v) is 11.2. The molecule has 0 aliphatic carbocycles. The summed E-state index contributed by atoms with van der Waals surface area (Å²) in [5, 5.41) is 12.5. The van der Waals surface area contributed by atoms with Crippen LogP contribution in [0, 0.1) is 6.92 Å². The van der Waals surface area contributed by atoms with Crippen LogP contribution in [0.25, 0.3) is 5.69 Å². The van der Waals surface area contributed by atoms with E-state index in [0.717, 1.165) is 22.6 Å². The van der Waals surface area contributed by atoms with Crippen LogP contribution >= 0.6 is 11.8 Å². The minimum atomic E-state index is -0.0303. The van der Waals surface area contributed by atoms with Gasteiger partial charge in [0.15, 0.2) is 5.16 Å². The number of thioether (sulfide) groups is 1. The van der Waals surface area contributed by atoms with Crippen molar-refractivity contribution in [3.63, 3.8) is 0 Å². The monoisotopic (exact) mass is 428 g/mol. The van der Waals surface area contributed by atoms with E-state index in [-0.39, 0.29) is 11.7 Å². The molecule has 0 aliphatic heterocycles. The molecule has 0 fully saturated rings. The lowest BCUT2D eigenvalue weighted by atomic mass is 10.1. The van der Waals surface area contributed by atoms with E-state index in [1.54, 1.807) is 0 Å². The fourth-order valence-corrected chi connectivity index (χ4v) is 4.09. The lowest BCUT2D eigenvalue weighted by Gasteiger charge is -2.11. The van der Waals surface area contributed by atoms with Crippen LogP contribution in [-0.2, 0) is 17.8 Å². The third-order valence-electron chi connectivity index (χ3n) is 4.83. The van der Waals surface area contributed by atoms with Gasteiger partial charge in [-0.25, -0.2) is 0 Å². The standard InChI is InChI=1S/C25H24N4OS/c1-19-9-8-14-22(15-19)29-23(16-20-10-4-2-5-11-20)27-28-25(29)31-18-24(30)26-17-21-12-6-3-7-13-21/h2-15H,16-18H2,1H3,(H,26,30). The molecule has 6 heteroatoms. The summed E-state index contributed by atoms with van der Waals surface area (Å²) < 4.78 is 2.05. The Morgan fingerprint density at radius 2 is 1.61 bits per heavy atom. The molecule has 3 aromatic carbocycles. The average molecular weight is 429 g/mol. The van der Waals surface area contributed by atoms with Crippen molar-refractivity contribution in [2.75, 3.05) is 5.75 Å². The number of aromatic nitrogens is 3. The first-order chi connectivity index (χ1) is 15.2. The highest BCUT2D eigenvalue weighted by molar-refractivity contribution is 7.99. The van der Waals surface area contributed by atoms with Crippen LogP contribution in [0.3, 0.4) is 0 Å². The molecule has 0 saturated carbocycles. The SMILES string of the molecule is Cc1cccc(-n2c(Cc3ccccc3)nnc2SCC(=O)NCc2ccccc2)c1. The maximum atomic E-state index is 12.4. The first kappa shape index (κ1) is 20.9. The van der Waals surface area contributed by atoms with Gasteiger partial charge in [-0.3, -0.25) is 9.36 Å². The third kappa shape index (κ3) is 5.61. The van der Waals surface area contributed by atoms with Gasteiger partial charge in [-0.1, -0.05) is 84.6 Å². The maximum Gasteiger partial charge on any atom is 0.230 e. The van der Waals surface area contributed by atoms with Crippen molar-refractivity contribution in [3.05, 3.63) is 107 Å². The molecule has 0 bridgehead atoms. The van der Waals surface area contributed by atoms with Gasteiger partial charge in [0, 0.05) is 18.7 Å². The summed E-state index contributed by atoms with van der Waals surface area (Å²) in [5.74, 6) is 1.10. The summed E-state index contributed by atoms with van der Waals surface area (Å²) in [7, 11) is 0. The van der Waals surface area contributed by atoms with E-state index >= 15 is 0 Å². The molecule has 4 rings (SSSR count). The summed E-state index contributed by atoms with van der Waals surface area (Å²) in [5.41, 5.74) is 4.41. The molecule has 0 spiro atoms. The highest BCUT2D eigenvalue weighted by Crippen LogP contribution is 2.24. The number of nitrogens with zero attached hydrogens (tertiary/aromatic N) is 3. The molecule has 0 radical (unpaired) electrons. The second-order valence-electron chi connectivity index (χ2n) is 7.29. The van der Waals surface area contributed by atoms with Crippen LogP contribution < -0.4 is 5.32 Å². The van der Waals surface area contributed by atoms with Crippen LogP contribution in [0.15, 0.2) is 90.1 Å². The summed E-state index contributed by atoms with van der Waals surface area (Å²) in [6.07, 6.45) is 0.669. The van der Waals surface area contributed by atoms with E-state index < -0.39 is 0 Å². The molecular formula is C25H24N4OS. The second kappa shape index (κ2) is 10.1. The van der Waals surface area contributed by atoms with Crippen molar-refractivity contribution in [1.82, 2.24) is 20.1 Å². The van der Waals surface area contributed by atoms with Gasteiger partial charge in [0.2, 0.25) is 5.91 Å². The molecule has 1 N–H and O–H groups in total. The molecule has 0 aliphatic rings. The predicted molar refractivity (Wildman–Crippen MR) is 124 cm³/mol. The van der Waals surface area contributed by atoms with Crippen LogP contribution in [0.4, 0.5) is 0 Å². The molecule has 0 atom stereocenters. The van der Waals surface area contributed by atoms with Crippen molar-refractivity contribution in [2.45, 2.75) is 25.0 Å². The Morgan fingerprint density at radius 1 is 0.903 bits per heavy atom. The number of amides is 1. The molecule has 1 amide bonds. The van der Waals surface area contributed by atoms with Crippen molar-refractivity contribution in [2.24, 2.45) is 0 Å². The molecule has 0 saturated heterocycles. The highest BCUT2D eigenvalue weighted by Gasteiger charge is 2.16. The number of nitrogens with one attached hydrogen (secondary N) is 1. The molecule has 0 unspecified atom stereocenters. The van der Waals surface area contributed by atoms with Crippen LogP contribution in [0.1, 0.15) is 22.5 Å². The third-order valence-corrected chi connectivity index (χ3v) is 5.76. The van der Waals surface area contributed by atoms with Crippen LogP contribution in [0.5, 0.6) is 0 Å². The zero-order chi connectivity index (χ0) is 21.5. The predicted octanol–water partition coefficient (Wildman–Crippen LogP) is 4.58. The van der Waals surface area contributed by atoms with E-state index in [9.17, 15) is 4.79 Å². The van der Waals surface area contributed by atoms with Crippen molar-refractivity contribution in [3.8, 4) is 5.69 Å². The zero-order valence-corrected chi connectivity index (χ0v) is 18.2. The zero-order valence-electron chi connectivity index (χ0n) is 17.4. The molecule has 4 aromatic rings. The van der Waals surface area contributed by atoms with Crippen molar-refractivity contribution < 1.29 is 4.79 Å². The lowest BCUT2D eigenvalue weighted by molar-refractivity contribution is -0.118. The first-order valence-electron chi connectivity index (χ1n) is 10.2. The number of aryl methyl sites for hydroxylation is 1. The Balaban J connectivity index is 1.50. The van der Waals surface area contributed by atoms with Gasteiger partial charge in [-0.05, 0) is 35.7 Å². The largest absolute Gasteiger partial charge is 0.351 e. The fourth-order valence-electron chi connectivity index (χ4n) is 3.29. The number of rotatable bonds is 8. The fraction of sp³-hybridized carbons (Fsp3) is 0.160. The minimum absolute atomic E-state index is 0.0303. The van der Waals surface area contributed by atoms with E-state index in [2.05, 4.69) is 51.3 Å². The van der Waals surface area contributed by atoms with E-state index in [0.29, 0.717) is 18.1 Å². The van der Waals surface area contributed by atoms with E-state index in [1.807, 2.05) is 60.7 Å². The van der Waals surface area contributed by atoms with E-state index in [4.69, 9.17) is 0 Å². The second-order valence-corrected chi connectivity index (χ2v) is 8.23. The van der Waals surface area contributed by atoms with Crippen molar-refractivity contribution >= 4 is 17.7 Å².